The number of allylic oxidation sites excluding steroid dienone is 2. The maximum Gasteiger partial charge on any atom is 0.337 e. The Balaban J connectivity index is 1.99. The third-order valence-corrected chi connectivity index (χ3v) is 4.13. The maximum absolute atomic E-state index is 11.5. The molecule has 0 N–H and O–H groups in total. The van der Waals surface area contributed by atoms with Crippen LogP contribution in [0.1, 0.15) is 35.2 Å². The van der Waals surface area contributed by atoms with Gasteiger partial charge in [0.1, 0.15) is 0 Å². The number of esters is 1. The van der Waals surface area contributed by atoms with Gasteiger partial charge in [-0.2, -0.15) is 0 Å². The van der Waals surface area contributed by atoms with Gasteiger partial charge in [0.15, 0.2) is 0 Å². The Morgan fingerprint density at radius 3 is 2.94 bits per heavy atom. The highest BCUT2D eigenvalue weighted by Gasteiger charge is 2.41. The van der Waals surface area contributed by atoms with Crippen LogP contribution < -0.4 is 0 Å². The van der Waals surface area contributed by atoms with Gasteiger partial charge in [-0.25, -0.2) is 4.79 Å². The molecule has 1 aromatic carbocycles. The molecule has 0 aromatic heterocycles. The summed E-state index contributed by atoms with van der Waals surface area (Å²) >= 11 is 0. The zero-order valence-electron chi connectivity index (χ0n) is 9.98. The van der Waals surface area contributed by atoms with Crippen LogP contribution in [0.3, 0.4) is 0 Å². The van der Waals surface area contributed by atoms with Crippen molar-refractivity contribution in [2.24, 2.45) is 5.92 Å². The van der Waals surface area contributed by atoms with Gasteiger partial charge in [-0.1, -0.05) is 24.3 Å². The highest BCUT2D eigenvalue weighted by Crippen LogP contribution is 2.50. The summed E-state index contributed by atoms with van der Waals surface area (Å²) in [5.41, 5.74) is 2.11. The third kappa shape index (κ3) is 1.59. The van der Waals surface area contributed by atoms with Crippen molar-refractivity contribution in [3.8, 4) is 0 Å². The van der Waals surface area contributed by atoms with Crippen molar-refractivity contribution in [3.63, 3.8) is 0 Å². The van der Waals surface area contributed by atoms with Gasteiger partial charge in [0, 0.05) is 5.41 Å². The van der Waals surface area contributed by atoms with Gasteiger partial charge < -0.3 is 4.74 Å². The molecule has 1 saturated carbocycles. The maximum atomic E-state index is 11.5. The van der Waals surface area contributed by atoms with Crippen molar-refractivity contribution in [1.82, 2.24) is 0 Å². The normalized spacial score (nSPS) is 29.6. The van der Waals surface area contributed by atoms with E-state index in [0.717, 1.165) is 5.92 Å². The summed E-state index contributed by atoms with van der Waals surface area (Å²) in [6, 6.07) is 7.89. The zero-order chi connectivity index (χ0) is 11.9. The number of carbonyl (C=O) groups is 1. The van der Waals surface area contributed by atoms with E-state index >= 15 is 0 Å². The van der Waals surface area contributed by atoms with Gasteiger partial charge >= 0.3 is 5.97 Å². The second kappa shape index (κ2) is 3.73. The standard InChI is InChI=1S/C15H16O2/c1-17-14(16)12-3-2-4-13(9-12)15-7-5-11(10-15)6-8-15/h2-5,7,9,11H,6,8,10H2,1H3. The van der Waals surface area contributed by atoms with E-state index in [9.17, 15) is 4.79 Å². The second-order valence-corrected chi connectivity index (χ2v) is 5.09. The van der Waals surface area contributed by atoms with E-state index < -0.39 is 0 Å². The fourth-order valence-corrected chi connectivity index (χ4v) is 3.18. The van der Waals surface area contributed by atoms with Crippen LogP contribution in [0, 0.1) is 5.92 Å². The van der Waals surface area contributed by atoms with Crippen molar-refractivity contribution >= 4 is 5.97 Å². The molecule has 1 fully saturated rings. The predicted octanol–water partition coefficient (Wildman–Crippen LogP) is 3.08. The summed E-state index contributed by atoms with van der Waals surface area (Å²) in [5.74, 6) is 0.497. The number of hydrogen-bond acceptors (Lipinski definition) is 2. The lowest BCUT2D eigenvalue weighted by Crippen LogP contribution is -2.18. The van der Waals surface area contributed by atoms with Gasteiger partial charge in [-0.15, -0.1) is 0 Å². The first kappa shape index (κ1) is 10.6. The molecule has 2 heteroatoms. The molecule has 0 saturated heterocycles. The molecule has 2 atom stereocenters. The summed E-state index contributed by atoms with van der Waals surface area (Å²) in [6.45, 7) is 0. The van der Waals surface area contributed by atoms with Gasteiger partial charge in [0.2, 0.25) is 0 Å². The Hall–Kier alpha value is -1.57. The number of carbonyl (C=O) groups excluding carboxylic acids is 1. The Morgan fingerprint density at radius 2 is 2.35 bits per heavy atom. The van der Waals surface area contributed by atoms with Gasteiger partial charge in [0.25, 0.3) is 0 Å². The lowest BCUT2D eigenvalue weighted by atomic mass is 9.80. The zero-order valence-corrected chi connectivity index (χ0v) is 9.98. The van der Waals surface area contributed by atoms with Crippen LogP contribution in [0.4, 0.5) is 0 Å². The van der Waals surface area contributed by atoms with E-state index in [0.29, 0.717) is 5.56 Å². The molecule has 3 rings (SSSR count). The molecule has 88 valence electrons. The van der Waals surface area contributed by atoms with Crippen LogP contribution in [-0.4, -0.2) is 13.1 Å². The van der Waals surface area contributed by atoms with Gasteiger partial charge in [-0.05, 0) is 42.9 Å². The van der Waals surface area contributed by atoms with E-state index in [1.165, 1.54) is 31.9 Å². The van der Waals surface area contributed by atoms with Crippen molar-refractivity contribution < 1.29 is 9.53 Å². The van der Waals surface area contributed by atoms with Crippen LogP contribution in [0.2, 0.25) is 0 Å². The molecule has 2 bridgehead atoms. The first-order valence-electron chi connectivity index (χ1n) is 6.12. The predicted molar refractivity (Wildman–Crippen MR) is 65.9 cm³/mol. The Labute approximate surface area is 101 Å². The Bertz CT molecular complexity index is 489. The first-order chi connectivity index (χ1) is 8.23. The Kier molecular flexibility index (Phi) is 2.32. The second-order valence-electron chi connectivity index (χ2n) is 5.09. The summed E-state index contributed by atoms with van der Waals surface area (Å²) in [6.07, 6.45) is 8.35. The first-order valence-corrected chi connectivity index (χ1v) is 6.12. The minimum Gasteiger partial charge on any atom is -0.465 e. The molecule has 2 aliphatic carbocycles. The largest absolute Gasteiger partial charge is 0.465 e. The summed E-state index contributed by atoms with van der Waals surface area (Å²) in [7, 11) is 1.42. The highest BCUT2D eigenvalue weighted by molar-refractivity contribution is 5.89. The molecule has 2 nitrogen and oxygen atoms in total. The number of rotatable bonds is 2. The molecule has 17 heavy (non-hydrogen) atoms. The highest BCUT2D eigenvalue weighted by atomic mass is 16.5. The van der Waals surface area contributed by atoms with Gasteiger partial charge in [0.05, 0.1) is 12.7 Å². The summed E-state index contributed by atoms with van der Waals surface area (Å²) in [5, 5.41) is 0. The smallest absolute Gasteiger partial charge is 0.337 e. The third-order valence-electron chi connectivity index (χ3n) is 4.13. The van der Waals surface area contributed by atoms with Crippen molar-refractivity contribution in [1.29, 1.82) is 0 Å². The lowest BCUT2D eigenvalue weighted by molar-refractivity contribution is 0.0600. The number of hydrogen-bond donors (Lipinski definition) is 0. The summed E-state index contributed by atoms with van der Waals surface area (Å²) < 4.78 is 4.77. The van der Waals surface area contributed by atoms with Crippen molar-refractivity contribution in [2.45, 2.75) is 24.7 Å². The molecule has 0 heterocycles. The number of methoxy groups -OCH3 is 1. The fraction of sp³-hybridized carbons (Fsp3) is 0.400. The Morgan fingerprint density at radius 1 is 1.47 bits per heavy atom. The van der Waals surface area contributed by atoms with Crippen LogP contribution >= 0.6 is 0 Å². The summed E-state index contributed by atoms with van der Waals surface area (Å²) in [4.78, 5) is 11.5. The van der Waals surface area contributed by atoms with Crippen molar-refractivity contribution in [3.05, 3.63) is 47.5 Å². The molecule has 2 aliphatic rings. The average molecular weight is 228 g/mol. The fourth-order valence-electron chi connectivity index (χ4n) is 3.18. The number of benzene rings is 1. The molecule has 0 spiro atoms. The SMILES string of the molecule is COC(=O)c1cccc(C23C=CC(CC2)C3)c1. The van der Waals surface area contributed by atoms with E-state index in [2.05, 4.69) is 18.2 Å². The number of fused-ring (bicyclic) bond motifs is 2. The molecule has 1 aromatic rings. The van der Waals surface area contributed by atoms with E-state index in [1.54, 1.807) is 0 Å². The average Bonchev–Trinajstić information content (AvgIpc) is 2.99. The van der Waals surface area contributed by atoms with Gasteiger partial charge in [-0.3, -0.25) is 0 Å². The minimum absolute atomic E-state index is 0.189. The van der Waals surface area contributed by atoms with Crippen LogP contribution in [0.5, 0.6) is 0 Å². The monoisotopic (exact) mass is 228 g/mol. The lowest BCUT2D eigenvalue weighted by Gasteiger charge is -2.24. The molecular formula is C15H16O2. The van der Waals surface area contributed by atoms with Crippen LogP contribution in [0.25, 0.3) is 0 Å². The van der Waals surface area contributed by atoms with E-state index in [1.807, 2.05) is 18.2 Å². The van der Waals surface area contributed by atoms with Crippen LogP contribution in [-0.2, 0) is 10.2 Å². The van der Waals surface area contributed by atoms with E-state index in [-0.39, 0.29) is 11.4 Å². The molecule has 0 amide bonds. The minimum atomic E-state index is -0.250. The van der Waals surface area contributed by atoms with E-state index in [4.69, 9.17) is 4.74 Å². The number of ether oxygens (including phenoxy) is 1. The topological polar surface area (TPSA) is 26.3 Å². The quantitative estimate of drug-likeness (QED) is 0.574. The molecule has 2 unspecified atom stereocenters. The molecule has 0 radical (unpaired) electrons. The van der Waals surface area contributed by atoms with Crippen LogP contribution in [0.15, 0.2) is 36.4 Å². The van der Waals surface area contributed by atoms with Crippen molar-refractivity contribution in [2.75, 3.05) is 7.11 Å². The molecular weight excluding hydrogens is 212 g/mol. The molecule has 0 aliphatic heterocycles.